The molecule has 18 atom stereocenters. The van der Waals surface area contributed by atoms with Crippen molar-refractivity contribution in [3.8, 4) is 11.5 Å². The first-order valence-corrected chi connectivity index (χ1v) is 49.3. The second-order valence-corrected chi connectivity index (χ2v) is 50.4. The minimum atomic E-state index is -0.890. The van der Waals surface area contributed by atoms with Gasteiger partial charge in [0.2, 0.25) is 0 Å². The predicted octanol–water partition coefficient (Wildman–Crippen LogP) is 21.9. The Kier molecular flexibility index (Phi) is 25.0. The molecule has 0 spiro atoms. The van der Waals surface area contributed by atoms with Gasteiger partial charge in [0, 0.05) is 25.9 Å². The number of hydrogen-bond acceptors (Lipinski definition) is 3. The van der Waals surface area contributed by atoms with Gasteiger partial charge in [0.05, 0.1) is 0 Å². The average Bonchev–Trinajstić information content (AvgIpc) is 1.65. The summed E-state index contributed by atoms with van der Waals surface area (Å²) in [6, 6.07) is 93.6. The van der Waals surface area contributed by atoms with Gasteiger partial charge in [0.15, 0.2) is 0 Å². The quantitative estimate of drug-likeness (QED) is 0.0323. The lowest BCUT2D eigenvalue weighted by Gasteiger charge is -2.43. The highest BCUT2D eigenvalue weighted by Gasteiger charge is 2.51. The van der Waals surface area contributed by atoms with E-state index in [1.54, 1.807) is 21.2 Å². The summed E-state index contributed by atoms with van der Waals surface area (Å²) in [4.78, 5) is 0. The second-order valence-electron chi connectivity index (χ2n) is 29.3. The molecule has 8 unspecified atom stereocenters. The third-order valence-corrected chi connectivity index (χ3v) is 47.3. The van der Waals surface area contributed by atoms with Crippen LogP contribution in [0.5, 0.6) is 11.5 Å². The van der Waals surface area contributed by atoms with Gasteiger partial charge in [-0.05, 0) is 220 Å². The SMILES string of the molecule is CCCCN(P(c1ccccc1)c1ccc(P2[C@H](C)CC[C@H]2C)c(P2[C@H](C)CC(C3C[C@@H](C)P(c4ccccc4P(c4ccccc4)c4cccc(OCCOc5cccc(P(/C=C\P6[C@@H](C)CC[C@@H]6C)c6ccccc6)c5)c4)[C@@H]3C)[C@H]2C)c1)P1[C@@H](c2ccccc2)C=C[C@H]1c1ccccc1. The van der Waals surface area contributed by atoms with Crippen LogP contribution in [-0.4, -0.2) is 69.5 Å². The van der Waals surface area contributed by atoms with Crippen LogP contribution in [0.1, 0.15) is 136 Å². The van der Waals surface area contributed by atoms with Crippen LogP contribution >= 0.6 is 63.7 Å². The van der Waals surface area contributed by atoms with Crippen LogP contribution in [0.4, 0.5) is 0 Å². The molecular weight excluding hydrogens is 1370 g/mol. The molecule has 4 fully saturated rings. The number of ether oxygens (including phenoxy) is 2. The zero-order chi connectivity index (χ0) is 69.5. The fourth-order valence-electron chi connectivity index (χ4n) is 17.8. The summed E-state index contributed by atoms with van der Waals surface area (Å²) in [6.07, 6.45) is 15.6. The van der Waals surface area contributed by atoms with Gasteiger partial charge in [-0.25, -0.2) is 0 Å². The standard InChI is InChI=1S/C90H105NO2P8/c1-10-11-55-91(101-85(73-31-17-12-18-32-73)53-54-86(101)74-33-19-13-20-34-74)100(79-41-25-16-26-42-79)82-51-52-89(96-67(4)49-50-68(96)5)90(64-82)98-70(7)61-84(72(98)9)83-60-69(6)97(71(83)8)87-45-27-28-46-88(87)99(78-39-23-15-24-40-78)81-44-30-36-76(63-81)93-57-56-92-75-35-29-43-80(62-75)95(77-37-21-14-22-38-77)59-58-94-65(2)47-48-66(94)3/h12-46,51-54,58-59,62-72,83-86H,10-11,47-50,55-57,60-61H2,1-9H3/b59-58-/t65-,66-,67+,68+,69+,70+,71+,72+,83?,84?,85-,86+,95?,97?,98?,99?,100?,101?/m0/s1. The highest BCUT2D eigenvalue weighted by atomic mass is 31.2. The van der Waals surface area contributed by atoms with Crippen LogP contribution in [0.15, 0.2) is 266 Å². The van der Waals surface area contributed by atoms with Gasteiger partial charge >= 0.3 is 0 Å². The molecule has 0 radical (unpaired) electrons. The molecule has 522 valence electrons. The summed E-state index contributed by atoms with van der Waals surface area (Å²) in [7, 11) is -4.47. The van der Waals surface area contributed by atoms with Crippen molar-refractivity contribution in [1.82, 2.24) is 4.44 Å². The molecule has 5 heterocycles. The first-order valence-electron chi connectivity index (χ1n) is 37.8. The van der Waals surface area contributed by atoms with Crippen molar-refractivity contribution in [2.75, 3.05) is 19.8 Å². The van der Waals surface area contributed by atoms with Gasteiger partial charge < -0.3 is 9.47 Å². The molecule has 3 nitrogen and oxygen atoms in total. The van der Waals surface area contributed by atoms with E-state index in [0.29, 0.717) is 59.0 Å². The van der Waals surface area contributed by atoms with Crippen molar-refractivity contribution in [1.29, 1.82) is 0 Å². The Morgan fingerprint density at radius 1 is 0.416 bits per heavy atom. The largest absolute Gasteiger partial charge is 0.490 e. The van der Waals surface area contributed by atoms with Gasteiger partial charge in [-0.15, -0.1) is 0 Å². The van der Waals surface area contributed by atoms with E-state index in [2.05, 4.69) is 333 Å². The van der Waals surface area contributed by atoms with Crippen LogP contribution in [0.2, 0.25) is 0 Å². The Labute approximate surface area is 617 Å². The zero-order valence-corrected chi connectivity index (χ0v) is 68.1. The molecule has 4 saturated heterocycles. The maximum absolute atomic E-state index is 6.70. The summed E-state index contributed by atoms with van der Waals surface area (Å²) >= 11 is 0. The molecule has 0 aromatic heterocycles. The molecule has 0 bridgehead atoms. The van der Waals surface area contributed by atoms with Crippen molar-refractivity contribution >= 4 is 117 Å². The molecule has 11 heteroatoms. The van der Waals surface area contributed by atoms with E-state index < -0.39 is 47.8 Å². The lowest BCUT2D eigenvalue weighted by atomic mass is 9.82. The zero-order valence-electron chi connectivity index (χ0n) is 61.0. The number of unbranched alkanes of at least 4 members (excludes halogenated alkanes) is 1. The summed E-state index contributed by atoms with van der Waals surface area (Å²) in [5, 5.41) is 15.3. The Balaban J connectivity index is 0.739. The molecule has 0 aliphatic carbocycles. The lowest BCUT2D eigenvalue weighted by molar-refractivity contribution is 0.217. The summed E-state index contributed by atoms with van der Waals surface area (Å²) < 4.78 is 16.4. The van der Waals surface area contributed by atoms with Gasteiger partial charge in [-0.2, -0.15) is 0 Å². The molecule has 0 saturated carbocycles. The topological polar surface area (TPSA) is 21.7 Å². The molecule has 9 aromatic carbocycles. The summed E-state index contributed by atoms with van der Waals surface area (Å²) in [5.74, 6) is 8.35. The number of hydrogen-bond donors (Lipinski definition) is 0. The van der Waals surface area contributed by atoms with Crippen molar-refractivity contribution in [3.05, 3.63) is 278 Å². The van der Waals surface area contributed by atoms with E-state index in [-0.39, 0.29) is 15.8 Å². The molecule has 101 heavy (non-hydrogen) atoms. The molecule has 0 N–H and O–H groups in total. The fourth-order valence-corrected chi connectivity index (χ4v) is 44.1. The summed E-state index contributed by atoms with van der Waals surface area (Å²) in [6.45, 7) is 25.4. The van der Waals surface area contributed by atoms with E-state index >= 15 is 0 Å². The van der Waals surface area contributed by atoms with E-state index in [0.717, 1.165) is 40.7 Å². The first kappa shape index (κ1) is 73.4. The van der Waals surface area contributed by atoms with Crippen molar-refractivity contribution in [2.24, 2.45) is 11.8 Å². The molecule has 5 aliphatic heterocycles. The molecule has 9 aromatic rings. The molecular formula is C90H105NO2P8. The van der Waals surface area contributed by atoms with Crippen LogP contribution in [0.3, 0.4) is 0 Å². The van der Waals surface area contributed by atoms with Crippen LogP contribution < -0.4 is 62.5 Å². The highest BCUT2D eigenvalue weighted by Crippen LogP contribution is 2.74. The maximum Gasteiger partial charge on any atom is 0.122 e. The Hall–Kier alpha value is -4.54. The third kappa shape index (κ3) is 16.3. The monoisotopic (exact) mass is 1480 g/mol. The lowest BCUT2D eigenvalue weighted by Crippen LogP contribution is -2.35. The normalized spacial score (nSPS) is 27.7. The van der Waals surface area contributed by atoms with Gasteiger partial charge in [0.25, 0.3) is 0 Å². The highest BCUT2D eigenvalue weighted by molar-refractivity contribution is 7.82. The second kappa shape index (κ2) is 34.4. The minimum Gasteiger partial charge on any atom is -0.490 e. The minimum absolute atomic E-state index is 0.112. The fraction of sp³-hybridized carbons (Fsp3) is 0.356. The molecule has 5 aliphatic rings. The van der Waals surface area contributed by atoms with E-state index in [9.17, 15) is 0 Å². The maximum atomic E-state index is 6.70. The first-order chi connectivity index (χ1) is 49.4. The van der Waals surface area contributed by atoms with E-state index in [1.165, 1.54) is 94.3 Å². The average molecular weight is 1480 g/mol. The van der Waals surface area contributed by atoms with Crippen molar-refractivity contribution in [2.45, 2.75) is 170 Å². The van der Waals surface area contributed by atoms with Gasteiger partial charge in [-0.1, -0.05) is 337 Å². The number of rotatable bonds is 25. The third-order valence-electron chi connectivity index (χ3n) is 22.7. The van der Waals surface area contributed by atoms with E-state index in [4.69, 9.17) is 9.47 Å². The van der Waals surface area contributed by atoms with Crippen LogP contribution in [-0.2, 0) is 0 Å². The molecule has 14 rings (SSSR count). The van der Waals surface area contributed by atoms with Crippen molar-refractivity contribution in [3.63, 3.8) is 0 Å². The number of allylic oxidation sites excluding steroid dienone is 2. The van der Waals surface area contributed by atoms with Crippen LogP contribution in [0, 0.1) is 11.8 Å². The smallest absolute Gasteiger partial charge is 0.122 e. The Morgan fingerprint density at radius 3 is 1.46 bits per heavy atom. The predicted molar refractivity (Wildman–Crippen MR) is 456 cm³/mol. The Bertz CT molecular complexity index is 4130. The summed E-state index contributed by atoms with van der Waals surface area (Å²) in [5.41, 5.74) is 9.25. The van der Waals surface area contributed by atoms with Gasteiger partial charge in [-0.3, -0.25) is 4.44 Å². The Morgan fingerprint density at radius 2 is 0.891 bits per heavy atom. The van der Waals surface area contributed by atoms with Crippen molar-refractivity contribution < 1.29 is 9.47 Å². The number of benzene rings is 9. The van der Waals surface area contributed by atoms with E-state index in [1.807, 2.05) is 0 Å². The van der Waals surface area contributed by atoms with Crippen LogP contribution in [0.25, 0.3) is 0 Å². The number of nitrogens with zero attached hydrogens (tertiary/aromatic N) is 1. The molecule has 0 amide bonds. The van der Waals surface area contributed by atoms with Gasteiger partial charge in [0.1, 0.15) is 24.7 Å².